The Morgan fingerprint density at radius 2 is 1.71 bits per heavy atom. The van der Waals surface area contributed by atoms with E-state index in [0.717, 1.165) is 77.7 Å². The summed E-state index contributed by atoms with van der Waals surface area (Å²) < 4.78 is 5.44. The van der Waals surface area contributed by atoms with E-state index in [1.165, 1.54) is 0 Å². The molecule has 0 aromatic rings. The lowest BCUT2D eigenvalue weighted by Crippen LogP contribution is -2.61. The normalized spacial score (nSPS) is 33.8. The number of carbonyl (C=O) groups is 1. The van der Waals surface area contributed by atoms with Crippen LogP contribution in [0, 0.1) is 0 Å². The van der Waals surface area contributed by atoms with Crippen LogP contribution in [0.4, 0.5) is 0 Å². The zero-order valence-corrected chi connectivity index (χ0v) is 12.9. The standard InChI is InChI=1S/C16H28N2O3/c19-14-5-3-13(4-6-14)17-15(20)16(7-1-2-8-16)18-9-11-21-12-10-18/h13-14,19H,1-12H2,(H,17,20). The second kappa shape index (κ2) is 6.63. The highest BCUT2D eigenvalue weighted by molar-refractivity contribution is 5.87. The third-order valence-electron chi connectivity index (χ3n) is 5.50. The molecular weight excluding hydrogens is 268 g/mol. The van der Waals surface area contributed by atoms with Crippen LogP contribution in [-0.4, -0.2) is 59.9 Å². The molecule has 0 atom stereocenters. The van der Waals surface area contributed by atoms with E-state index in [2.05, 4.69) is 10.2 Å². The van der Waals surface area contributed by atoms with Crippen LogP contribution in [0.5, 0.6) is 0 Å². The molecule has 0 radical (unpaired) electrons. The van der Waals surface area contributed by atoms with Crippen LogP contribution in [-0.2, 0) is 9.53 Å². The fraction of sp³-hybridized carbons (Fsp3) is 0.938. The number of nitrogens with zero attached hydrogens (tertiary/aromatic N) is 1. The van der Waals surface area contributed by atoms with Crippen LogP contribution in [0.1, 0.15) is 51.4 Å². The van der Waals surface area contributed by atoms with Gasteiger partial charge < -0.3 is 15.2 Å². The summed E-state index contributed by atoms with van der Waals surface area (Å²) in [4.78, 5) is 15.3. The number of amides is 1. The molecule has 3 aliphatic rings. The number of hydrogen-bond acceptors (Lipinski definition) is 4. The van der Waals surface area contributed by atoms with Crippen molar-refractivity contribution in [1.29, 1.82) is 0 Å². The smallest absolute Gasteiger partial charge is 0.240 e. The van der Waals surface area contributed by atoms with Gasteiger partial charge in [0.25, 0.3) is 0 Å². The van der Waals surface area contributed by atoms with Crippen LogP contribution in [0.15, 0.2) is 0 Å². The number of ether oxygens (including phenoxy) is 1. The van der Waals surface area contributed by atoms with Crippen molar-refractivity contribution in [3.8, 4) is 0 Å². The molecule has 1 saturated heterocycles. The van der Waals surface area contributed by atoms with Gasteiger partial charge in [0.2, 0.25) is 5.91 Å². The van der Waals surface area contributed by atoms with Crippen molar-refractivity contribution < 1.29 is 14.6 Å². The van der Waals surface area contributed by atoms with Crippen molar-refractivity contribution in [1.82, 2.24) is 10.2 Å². The maximum Gasteiger partial charge on any atom is 0.240 e. The number of morpholine rings is 1. The lowest BCUT2D eigenvalue weighted by molar-refractivity contribution is -0.138. The SMILES string of the molecule is O=C(NC1CCC(O)CC1)C1(N2CCOCC2)CCCC1. The summed E-state index contributed by atoms with van der Waals surface area (Å²) in [5.74, 6) is 0.225. The molecule has 2 aliphatic carbocycles. The molecule has 0 spiro atoms. The fourth-order valence-electron chi connectivity index (χ4n) is 4.18. The minimum atomic E-state index is -0.292. The van der Waals surface area contributed by atoms with Crippen molar-refractivity contribution in [2.45, 2.75) is 69.1 Å². The largest absolute Gasteiger partial charge is 0.393 e. The van der Waals surface area contributed by atoms with Crippen molar-refractivity contribution in [3.63, 3.8) is 0 Å². The highest BCUT2D eigenvalue weighted by atomic mass is 16.5. The zero-order valence-electron chi connectivity index (χ0n) is 12.9. The molecule has 3 fully saturated rings. The molecule has 1 amide bonds. The van der Waals surface area contributed by atoms with E-state index in [4.69, 9.17) is 4.74 Å². The minimum absolute atomic E-state index is 0.169. The highest BCUT2D eigenvalue weighted by Crippen LogP contribution is 2.36. The molecule has 120 valence electrons. The van der Waals surface area contributed by atoms with Gasteiger partial charge in [0.1, 0.15) is 5.54 Å². The number of aliphatic hydroxyl groups is 1. The Morgan fingerprint density at radius 1 is 1.10 bits per heavy atom. The highest BCUT2D eigenvalue weighted by Gasteiger charge is 2.46. The van der Waals surface area contributed by atoms with Crippen LogP contribution in [0.3, 0.4) is 0 Å². The van der Waals surface area contributed by atoms with Gasteiger partial charge in [-0.15, -0.1) is 0 Å². The predicted molar refractivity (Wildman–Crippen MR) is 80.0 cm³/mol. The first-order chi connectivity index (χ1) is 10.2. The Bertz CT molecular complexity index is 355. The van der Waals surface area contributed by atoms with Gasteiger partial charge in [0.05, 0.1) is 19.3 Å². The lowest BCUT2D eigenvalue weighted by atomic mass is 9.89. The van der Waals surface area contributed by atoms with Crippen molar-refractivity contribution in [3.05, 3.63) is 0 Å². The van der Waals surface area contributed by atoms with Crippen molar-refractivity contribution in [2.24, 2.45) is 0 Å². The van der Waals surface area contributed by atoms with E-state index in [1.54, 1.807) is 0 Å². The van der Waals surface area contributed by atoms with E-state index >= 15 is 0 Å². The van der Waals surface area contributed by atoms with Gasteiger partial charge in [-0.1, -0.05) is 12.8 Å². The Labute approximate surface area is 127 Å². The predicted octanol–water partition coefficient (Wildman–Crippen LogP) is 1.05. The average Bonchev–Trinajstić information content (AvgIpc) is 3.01. The first-order valence-electron chi connectivity index (χ1n) is 8.52. The molecule has 3 rings (SSSR count). The van der Waals surface area contributed by atoms with Gasteiger partial charge in [-0.05, 0) is 38.5 Å². The van der Waals surface area contributed by atoms with Crippen LogP contribution in [0.25, 0.3) is 0 Å². The summed E-state index contributed by atoms with van der Waals surface area (Å²) in [6.07, 6.45) is 7.53. The van der Waals surface area contributed by atoms with Crippen LogP contribution >= 0.6 is 0 Å². The molecule has 2 N–H and O–H groups in total. The zero-order chi connectivity index (χ0) is 14.7. The molecule has 0 aromatic carbocycles. The molecular formula is C16H28N2O3. The molecule has 0 bridgehead atoms. The van der Waals surface area contributed by atoms with Gasteiger partial charge in [-0.3, -0.25) is 9.69 Å². The summed E-state index contributed by atoms with van der Waals surface area (Å²) in [7, 11) is 0. The van der Waals surface area contributed by atoms with Crippen molar-refractivity contribution >= 4 is 5.91 Å². The summed E-state index contributed by atoms with van der Waals surface area (Å²) in [6, 6.07) is 0.249. The van der Waals surface area contributed by atoms with E-state index in [0.29, 0.717) is 0 Å². The molecule has 1 heterocycles. The maximum atomic E-state index is 13.0. The fourth-order valence-corrected chi connectivity index (χ4v) is 4.18. The van der Waals surface area contributed by atoms with Gasteiger partial charge >= 0.3 is 0 Å². The molecule has 5 heteroatoms. The Hall–Kier alpha value is -0.650. The first kappa shape index (κ1) is 15.3. The number of aliphatic hydroxyl groups excluding tert-OH is 1. The number of carbonyl (C=O) groups excluding carboxylic acids is 1. The number of hydrogen-bond donors (Lipinski definition) is 2. The van der Waals surface area contributed by atoms with Gasteiger partial charge in [-0.25, -0.2) is 0 Å². The Kier molecular flexibility index (Phi) is 4.82. The average molecular weight is 296 g/mol. The molecule has 5 nitrogen and oxygen atoms in total. The van der Waals surface area contributed by atoms with Gasteiger partial charge in [-0.2, -0.15) is 0 Å². The number of rotatable bonds is 3. The number of nitrogens with one attached hydrogen (secondary N) is 1. The second-order valence-corrected chi connectivity index (χ2v) is 6.82. The van der Waals surface area contributed by atoms with Crippen LogP contribution < -0.4 is 5.32 Å². The third kappa shape index (κ3) is 3.25. The molecule has 0 aromatic heterocycles. The van der Waals surface area contributed by atoms with E-state index in [-0.39, 0.29) is 23.6 Å². The second-order valence-electron chi connectivity index (χ2n) is 6.82. The summed E-state index contributed by atoms with van der Waals surface area (Å²) >= 11 is 0. The van der Waals surface area contributed by atoms with Gasteiger partial charge in [0, 0.05) is 19.1 Å². The van der Waals surface area contributed by atoms with Crippen molar-refractivity contribution in [2.75, 3.05) is 26.3 Å². The monoisotopic (exact) mass is 296 g/mol. The maximum absolute atomic E-state index is 13.0. The van der Waals surface area contributed by atoms with E-state index in [1.807, 2.05) is 0 Å². The first-order valence-corrected chi connectivity index (χ1v) is 8.52. The quantitative estimate of drug-likeness (QED) is 0.817. The molecule has 0 unspecified atom stereocenters. The third-order valence-corrected chi connectivity index (χ3v) is 5.50. The Morgan fingerprint density at radius 3 is 2.33 bits per heavy atom. The summed E-state index contributed by atoms with van der Waals surface area (Å²) in [5, 5.41) is 12.9. The molecule has 21 heavy (non-hydrogen) atoms. The van der Waals surface area contributed by atoms with Crippen LogP contribution in [0.2, 0.25) is 0 Å². The summed E-state index contributed by atoms with van der Waals surface area (Å²) in [6.45, 7) is 3.23. The minimum Gasteiger partial charge on any atom is -0.393 e. The topological polar surface area (TPSA) is 61.8 Å². The van der Waals surface area contributed by atoms with Gasteiger partial charge in [0.15, 0.2) is 0 Å². The molecule has 2 saturated carbocycles. The molecule has 1 aliphatic heterocycles. The Balaban J connectivity index is 1.64. The van der Waals surface area contributed by atoms with E-state index < -0.39 is 0 Å². The van der Waals surface area contributed by atoms with E-state index in [9.17, 15) is 9.90 Å². The summed E-state index contributed by atoms with van der Waals surface area (Å²) in [5.41, 5.74) is -0.292. The lowest BCUT2D eigenvalue weighted by Gasteiger charge is -2.43.